The molecule has 2 aromatic rings. The highest BCUT2D eigenvalue weighted by molar-refractivity contribution is 5.89. The average Bonchev–Trinajstić information content (AvgIpc) is 2.54. The first-order chi connectivity index (χ1) is 10.8. The number of nitrogens with zero attached hydrogens (tertiary/aromatic N) is 3. The van der Waals surface area contributed by atoms with E-state index >= 15 is 0 Å². The first-order valence-corrected chi connectivity index (χ1v) is 6.72. The Kier molecular flexibility index (Phi) is 4.44. The molecule has 0 aliphatic heterocycles. The second kappa shape index (κ2) is 6.30. The zero-order valence-corrected chi connectivity index (χ0v) is 12.9. The Hall–Kier alpha value is -3.16. The highest BCUT2D eigenvalue weighted by Crippen LogP contribution is 2.10. The molecular formula is C15H16N4O4. The van der Waals surface area contributed by atoms with Crippen molar-refractivity contribution in [3.8, 4) is 0 Å². The smallest absolute Gasteiger partial charge is 0.335 e. The number of anilines is 1. The van der Waals surface area contributed by atoms with E-state index < -0.39 is 17.2 Å². The minimum absolute atomic E-state index is 0.124. The monoisotopic (exact) mass is 316 g/mol. The zero-order chi connectivity index (χ0) is 17.1. The maximum atomic E-state index is 12.1. The van der Waals surface area contributed by atoms with Gasteiger partial charge in [0.15, 0.2) is 0 Å². The van der Waals surface area contributed by atoms with Gasteiger partial charge < -0.3 is 9.67 Å². The number of rotatable bonds is 4. The summed E-state index contributed by atoms with van der Waals surface area (Å²) in [5.41, 5.74) is 3.17. The molecule has 0 bridgehead atoms. The van der Waals surface area contributed by atoms with Gasteiger partial charge in [-0.2, -0.15) is 5.10 Å². The molecule has 2 rings (SSSR count). The van der Waals surface area contributed by atoms with Crippen molar-refractivity contribution in [2.75, 3.05) is 5.43 Å². The van der Waals surface area contributed by atoms with Gasteiger partial charge in [-0.3, -0.25) is 14.8 Å². The van der Waals surface area contributed by atoms with E-state index in [1.54, 1.807) is 26.1 Å². The van der Waals surface area contributed by atoms with Gasteiger partial charge in [-0.25, -0.2) is 9.59 Å². The number of hydrogen-bond acceptors (Lipinski definition) is 5. The van der Waals surface area contributed by atoms with E-state index in [1.807, 2.05) is 0 Å². The van der Waals surface area contributed by atoms with Gasteiger partial charge in [0.2, 0.25) is 0 Å². The van der Waals surface area contributed by atoms with E-state index in [4.69, 9.17) is 5.11 Å². The molecule has 0 unspecified atom stereocenters. The summed E-state index contributed by atoms with van der Waals surface area (Å²) in [7, 11) is 2.96. The molecular weight excluding hydrogens is 300 g/mol. The number of carbonyl (C=O) groups is 1. The molecule has 0 saturated carbocycles. The molecule has 1 aromatic carbocycles. The Balaban J connectivity index is 2.32. The minimum Gasteiger partial charge on any atom is -0.478 e. The molecule has 23 heavy (non-hydrogen) atoms. The van der Waals surface area contributed by atoms with Crippen LogP contribution in [0, 0.1) is 6.92 Å². The maximum absolute atomic E-state index is 12.1. The van der Waals surface area contributed by atoms with Gasteiger partial charge >= 0.3 is 11.7 Å². The summed E-state index contributed by atoms with van der Waals surface area (Å²) in [6, 6.07) is 6.11. The maximum Gasteiger partial charge on any atom is 0.335 e. The summed E-state index contributed by atoms with van der Waals surface area (Å²) < 4.78 is 2.35. The summed E-state index contributed by atoms with van der Waals surface area (Å²) in [6.45, 7) is 1.65. The van der Waals surface area contributed by atoms with E-state index in [-0.39, 0.29) is 11.1 Å². The molecule has 8 nitrogen and oxygen atoms in total. The number of hydrazone groups is 1. The molecule has 0 atom stereocenters. The highest BCUT2D eigenvalue weighted by Gasteiger charge is 2.10. The largest absolute Gasteiger partial charge is 0.478 e. The number of carboxylic acid groups (broad SMARTS) is 1. The first-order valence-electron chi connectivity index (χ1n) is 6.72. The fraction of sp³-hybridized carbons (Fsp3) is 0.200. The Morgan fingerprint density at radius 1 is 1.26 bits per heavy atom. The second-order valence-electron chi connectivity index (χ2n) is 4.96. The molecule has 0 saturated heterocycles. The van der Waals surface area contributed by atoms with Crippen LogP contribution in [0.2, 0.25) is 0 Å². The zero-order valence-electron chi connectivity index (χ0n) is 12.9. The van der Waals surface area contributed by atoms with Gasteiger partial charge in [-0.05, 0) is 25.1 Å². The Morgan fingerprint density at radius 3 is 2.61 bits per heavy atom. The lowest BCUT2D eigenvalue weighted by Gasteiger charge is -2.08. The summed E-state index contributed by atoms with van der Waals surface area (Å²) in [5, 5.41) is 12.9. The van der Waals surface area contributed by atoms with Crippen LogP contribution in [0.5, 0.6) is 0 Å². The van der Waals surface area contributed by atoms with E-state index in [2.05, 4.69) is 10.5 Å². The Bertz CT molecular complexity index is 909. The Labute approximate surface area is 131 Å². The standard InChI is InChI=1S/C15H16N4O4/c1-9-12(13(20)19(3)15(23)18(9)2)8-16-17-11-6-4-5-10(7-11)14(21)22/h4-8,17H,1-3H3,(H,21,22)/b16-8+. The number of aromatic nitrogens is 2. The van der Waals surface area contributed by atoms with Crippen LogP contribution >= 0.6 is 0 Å². The lowest BCUT2D eigenvalue weighted by atomic mass is 10.2. The van der Waals surface area contributed by atoms with Crippen molar-refractivity contribution in [2.24, 2.45) is 19.2 Å². The van der Waals surface area contributed by atoms with Crippen molar-refractivity contribution < 1.29 is 9.90 Å². The van der Waals surface area contributed by atoms with Crippen LogP contribution in [0.15, 0.2) is 39.0 Å². The van der Waals surface area contributed by atoms with Crippen molar-refractivity contribution >= 4 is 17.9 Å². The van der Waals surface area contributed by atoms with Crippen molar-refractivity contribution in [3.63, 3.8) is 0 Å². The molecule has 0 aliphatic carbocycles. The predicted molar refractivity (Wildman–Crippen MR) is 86.3 cm³/mol. The quantitative estimate of drug-likeness (QED) is 0.632. The van der Waals surface area contributed by atoms with Gasteiger partial charge in [0.25, 0.3) is 5.56 Å². The molecule has 0 radical (unpaired) electrons. The fourth-order valence-corrected chi connectivity index (χ4v) is 2.01. The number of nitrogens with one attached hydrogen (secondary N) is 1. The topological polar surface area (TPSA) is 106 Å². The van der Waals surface area contributed by atoms with Crippen LogP contribution in [-0.2, 0) is 14.1 Å². The summed E-state index contributed by atoms with van der Waals surface area (Å²) in [6.07, 6.45) is 1.31. The van der Waals surface area contributed by atoms with Crippen molar-refractivity contribution in [1.29, 1.82) is 0 Å². The van der Waals surface area contributed by atoms with Crippen LogP contribution in [0.4, 0.5) is 5.69 Å². The van der Waals surface area contributed by atoms with Gasteiger partial charge in [0.1, 0.15) is 0 Å². The first kappa shape index (κ1) is 16.2. The molecule has 0 amide bonds. The molecule has 0 spiro atoms. The minimum atomic E-state index is -1.04. The average molecular weight is 316 g/mol. The molecule has 8 heteroatoms. The van der Waals surface area contributed by atoms with Gasteiger partial charge in [-0.15, -0.1) is 0 Å². The van der Waals surface area contributed by atoms with Crippen LogP contribution in [0.1, 0.15) is 21.6 Å². The van der Waals surface area contributed by atoms with Gasteiger partial charge in [0.05, 0.1) is 23.0 Å². The van der Waals surface area contributed by atoms with Gasteiger partial charge in [-0.1, -0.05) is 6.07 Å². The number of benzene rings is 1. The third-order valence-electron chi connectivity index (χ3n) is 3.50. The van der Waals surface area contributed by atoms with Crippen LogP contribution in [-0.4, -0.2) is 26.4 Å². The third kappa shape index (κ3) is 3.20. The fourth-order valence-electron chi connectivity index (χ4n) is 2.01. The van der Waals surface area contributed by atoms with Crippen molar-refractivity contribution in [1.82, 2.24) is 9.13 Å². The molecule has 0 fully saturated rings. The molecule has 1 heterocycles. The Morgan fingerprint density at radius 2 is 1.96 bits per heavy atom. The summed E-state index contributed by atoms with van der Waals surface area (Å²) in [5.74, 6) is -1.04. The predicted octanol–water partition coefficient (Wildman–Crippen LogP) is 0.537. The van der Waals surface area contributed by atoms with Crippen LogP contribution in [0.3, 0.4) is 0 Å². The van der Waals surface area contributed by atoms with E-state index in [0.29, 0.717) is 11.4 Å². The number of hydrogen-bond donors (Lipinski definition) is 2. The van der Waals surface area contributed by atoms with Crippen molar-refractivity contribution in [3.05, 3.63) is 61.9 Å². The molecule has 1 aromatic heterocycles. The SMILES string of the molecule is Cc1c(/C=N/Nc2cccc(C(=O)O)c2)c(=O)n(C)c(=O)n1C. The highest BCUT2D eigenvalue weighted by atomic mass is 16.4. The van der Waals surface area contributed by atoms with Gasteiger partial charge in [0, 0.05) is 19.8 Å². The summed E-state index contributed by atoms with van der Waals surface area (Å²) >= 11 is 0. The van der Waals surface area contributed by atoms with E-state index in [0.717, 1.165) is 4.57 Å². The molecule has 0 aliphatic rings. The second-order valence-corrected chi connectivity index (χ2v) is 4.96. The molecule has 120 valence electrons. The van der Waals surface area contributed by atoms with E-state index in [1.165, 1.54) is 30.0 Å². The summed E-state index contributed by atoms with van der Waals surface area (Å²) in [4.78, 5) is 34.8. The number of carboxylic acids is 1. The normalized spacial score (nSPS) is 10.9. The van der Waals surface area contributed by atoms with E-state index in [9.17, 15) is 14.4 Å². The molecule has 2 N–H and O–H groups in total. The van der Waals surface area contributed by atoms with Crippen LogP contribution < -0.4 is 16.7 Å². The third-order valence-corrected chi connectivity index (χ3v) is 3.50. The number of aromatic carboxylic acids is 1. The van der Waals surface area contributed by atoms with Crippen molar-refractivity contribution in [2.45, 2.75) is 6.92 Å². The van der Waals surface area contributed by atoms with Crippen LogP contribution in [0.25, 0.3) is 0 Å². The lowest BCUT2D eigenvalue weighted by Crippen LogP contribution is -2.40. The lowest BCUT2D eigenvalue weighted by molar-refractivity contribution is 0.0697.